The van der Waals surface area contributed by atoms with Crippen molar-refractivity contribution in [2.24, 2.45) is 5.73 Å². The Hall–Kier alpha value is -2.28. The minimum absolute atomic E-state index is 0.157. The van der Waals surface area contributed by atoms with Gasteiger partial charge >= 0.3 is 12.1 Å². The standard InChI is InChI=1S/C17H25N3O4/c1-3-4-11-24-15(21)17(2)14(18)6-5-13(20(17)16(22)23)12-7-9-19-10-8-12/h5-7,19H,3-4,8-11,18H2,1-2H3,(H,22,23). The molecule has 2 heterocycles. The van der Waals surface area contributed by atoms with E-state index in [0.717, 1.165) is 29.9 Å². The fourth-order valence-electron chi connectivity index (χ4n) is 2.83. The molecule has 0 saturated carbocycles. The van der Waals surface area contributed by atoms with Crippen molar-refractivity contribution in [3.63, 3.8) is 0 Å². The molecule has 2 rings (SSSR count). The predicted molar refractivity (Wildman–Crippen MR) is 90.1 cm³/mol. The molecule has 0 radical (unpaired) electrons. The number of hydrogen-bond donors (Lipinski definition) is 3. The molecule has 0 fully saturated rings. The van der Waals surface area contributed by atoms with Crippen molar-refractivity contribution in [1.82, 2.24) is 10.2 Å². The Morgan fingerprint density at radius 2 is 2.21 bits per heavy atom. The normalized spacial score (nSPS) is 23.9. The second-order valence-corrected chi connectivity index (χ2v) is 6.04. The first-order chi connectivity index (χ1) is 11.4. The summed E-state index contributed by atoms with van der Waals surface area (Å²) in [6, 6.07) is 0. The molecule has 4 N–H and O–H groups in total. The maximum Gasteiger partial charge on any atom is 0.413 e. The number of amides is 1. The van der Waals surface area contributed by atoms with Crippen LogP contribution in [0.25, 0.3) is 0 Å². The minimum Gasteiger partial charge on any atom is -0.465 e. The van der Waals surface area contributed by atoms with Crippen LogP contribution in [0.3, 0.4) is 0 Å². The first kappa shape index (κ1) is 18.1. The zero-order chi connectivity index (χ0) is 17.7. The lowest BCUT2D eigenvalue weighted by Gasteiger charge is -2.41. The molecule has 0 saturated heterocycles. The van der Waals surface area contributed by atoms with Gasteiger partial charge in [-0.15, -0.1) is 0 Å². The Labute approximate surface area is 141 Å². The number of hydrogen-bond acceptors (Lipinski definition) is 5. The second-order valence-electron chi connectivity index (χ2n) is 6.04. The van der Waals surface area contributed by atoms with Crippen LogP contribution in [0, 0.1) is 0 Å². The number of rotatable bonds is 5. The van der Waals surface area contributed by atoms with Crippen molar-refractivity contribution in [3.05, 3.63) is 35.2 Å². The van der Waals surface area contributed by atoms with Gasteiger partial charge in [-0.25, -0.2) is 9.59 Å². The van der Waals surface area contributed by atoms with E-state index >= 15 is 0 Å². The zero-order valence-electron chi connectivity index (χ0n) is 14.2. The molecule has 1 amide bonds. The van der Waals surface area contributed by atoms with Crippen molar-refractivity contribution < 1.29 is 19.4 Å². The molecule has 2 aliphatic rings. The van der Waals surface area contributed by atoms with E-state index in [1.165, 1.54) is 6.92 Å². The number of nitrogens with two attached hydrogens (primary N) is 1. The lowest BCUT2D eigenvalue weighted by Crippen LogP contribution is -2.59. The lowest BCUT2D eigenvalue weighted by molar-refractivity contribution is -0.153. The first-order valence-corrected chi connectivity index (χ1v) is 8.21. The molecule has 0 aliphatic carbocycles. The number of nitrogens with zero attached hydrogens (tertiary/aromatic N) is 1. The maximum absolute atomic E-state index is 12.6. The van der Waals surface area contributed by atoms with Gasteiger partial charge in [-0.3, -0.25) is 4.90 Å². The van der Waals surface area contributed by atoms with Gasteiger partial charge in [-0.2, -0.15) is 0 Å². The van der Waals surface area contributed by atoms with E-state index in [1.807, 2.05) is 13.0 Å². The summed E-state index contributed by atoms with van der Waals surface area (Å²) < 4.78 is 5.29. The van der Waals surface area contributed by atoms with Crippen LogP contribution in [0.4, 0.5) is 4.79 Å². The van der Waals surface area contributed by atoms with Gasteiger partial charge in [-0.05, 0) is 44.0 Å². The molecular weight excluding hydrogens is 310 g/mol. The van der Waals surface area contributed by atoms with Crippen molar-refractivity contribution in [2.75, 3.05) is 19.7 Å². The van der Waals surface area contributed by atoms with Crippen molar-refractivity contribution in [1.29, 1.82) is 0 Å². The molecule has 0 aromatic carbocycles. The van der Waals surface area contributed by atoms with Gasteiger partial charge < -0.3 is 20.9 Å². The number of ether oxygens (including phenoxy) is 1. The third-order valence-electron chi connectivity index (χ3n) is 4.38. The van der Waals surface area contributed by atoms with Crippen LogP contribution in [0.5, 0.6) is 0 Å². The molecular formula is C17H25N3O4. The molecule has 0 bridgehead atoms. The molecule has 7 nitrogen and oxygen atoms in total. The van der Waals surface area contributed by atoms with Gasteiger partial charge in [0.15, 0.2) is 5.54 Å². The zero-order valence-corrected chi connectivity index (χ0v) is 14.2. The van der Waals surface area contributed by atoms with Crippen molar-refractivity contribution >= 4 is 12.1 Å². The SMILES string of the molecule is CCCCOC(=O)C1(C)C(N)=CC=C(C2=CCNCC2)N1C(=O)O. The number of unbranched alkanes of at least 4 members (excludes halogenated alkanes) is 1. The summed E-state index contributed by atoms with van der Waals surface area (Å²) >= 11 is 0. The van der Waals surface area contributed by atoms with Gasteiger partial charge in [0.05, 0.1) is 12.3 Å². The van der Waals surface area contributed by atoms with Crippen LogP contribution in [0.1, 0.15) is 33.1 Å². The monoisotopic (exact) mass is 335 g/mol. The molecule has 0 aromatic heterocycles. The van der Waals surface area contributed by atoms with Gasteiger partial charge in [-0.1, -0.05) is 19.4 Å². The third kappa shape index (κ3) is 3.31. The average Bonchev–Trinajstić information content (AvgIpc) is 2.57. The Kier molecular flexibility index (Phi) is 5.66. The number of nitrogens with one attached hydrogen (secondary N) is 1. The van der Waals surface area contributed by atoms with Crippen LogP contribution in [-0.4, -0.2) is 47.3 Å². The van der Waals surface area contributed by atoms with Gasteiger partial charge in [0, 0.05) is 12.2 Å². The molecule has 132 valence electrons. The van der Waals surface area contributed by atoms with Crippen LogP contribution in [-0.2, 0) is 9.53 Å². The maximum atomic E-state index is 12.6. The molecule has 0 aromatic rings. The molecule has 7 heteroatoms. The van der Waals surface area contributed by atoms with Crippen LogP contribution in [0.2, 0.25) is 0 Å². The van der Waals surface area contributed by atoms with Crippen LogP contribution >= 0.6 is 0 Å². The number of esters is 1. The quantitative estimate of drug-likeness (QED) is 0.522. The Balaban J connectivity index is 2.37. The largest absolute Gasteiger partial charge is 0.465 e. The summed E-state index contributed by atoms with van der Waals surface area (Å²) in [5.74, 6) is -0.646. The molecule has 1 unspecified atom stereocenters. The van der Waals surface area contributed by atoms with Crippen molar-refractivity contribution in [3.8, 4) is 0 Å². The summed E-state index contributed by atoms with van der Waals surface area (Å²) in [6.45, 7) is 5.15. The smallest absolute Gasteiger partial charge is 0.413 e. The van der Waals surface area contributed by atoms with E-state index in [1.54, 1.807) is 12.2 Å². The van der Waals surface area contributed by atoms with E-state index in [9.17, 15) is 14.7 Å². The molecule has 1 atom stereocenters. The van der Waals surface area contributed by atoms with Gasteiger partial charge in [0.1, 0.15) is 0 Å². The highest BCUT2D eigenvalue weighted by atomic mass is 16.5. The highest BCUT2D eigenvalue weighted by Gasteiger charge is 2.50. The number of carboxylic acid groups (broad SMARTS) is 1. The lowest BCUT2D eigenvalue weighted by atomic mass is 9.89. The highest BCUT2D eigenvalue weighted by Crippen LogP contribution is 2.35. The summed E-state index contributed by atoms with van der Waals surface area (Å²) in [5, 5.41) is 12.9. The second kappa shape index (κ2) is 7.53. The first-order valence-electron chi connectivity index (χ1n) is 8.21. The Morgan fingerprint density at radius 1 is 1.46 bits per heavy atom. The Morgan fingerprint density at radius 3 is 2.79 bits per heavy atom. The van der Waals surface area contributed by atoms with E-state index in [0.29, 0.717) is 18.7 Å². The molecule has 2 aliphatic heterocycles. The molecule has 24 heavy (non-hydrogen) atoms. The summed E-state index contributed by atoms with van der Waals surface area (Å²) in [5.41, 5.74) is 5.98. The van der Waals surface area contributed by atoms with E-state index in [-0.39, 0.29) is 12.3 Å². The number of carbonyl (C=O) groups is 2. The number of carbonyl (C=O) groups excluding carboxylic acids is 1. The van der Waals surface area contributed by atoms with E-state index in [4.69, 9.17) is 10.5 Å². The number of allylic oxidation sites excluding steroid dienone is 3. The molecule has 0 spiro atoms. The van der Waals surface area contributed by atoms with E-state index in [2.05, 4.69) is 5.32 Å². The van der Waals surface area contributed by atoms with E-state index < -0.39 is 17.6 Å². The third-order valence-corrected chi connectivity index (χ3v) is 4.38. The fraction of sp³-hybridized carbons (Fsp3) is 0.529. The van der Waals surface area contributed by atoms with Crippen LogP contribution in [0.15, 0.2) is 35.2 Å². The van der Waals surface area contributed by atoms with Gasteiger partial charge in [0.2, 0.25) is 0 Å². The summed E-state index contributed by atoms with van der Waals surface area (Å²) in [6.07, 6.45) is 6.24. The van der Waals surface area contributed by atoms with Gasteiger partial charge in [0.25, 0.3) is 0 Å². The summed E-state index contributed by atoms with van der Waals surface area (Å²) in [7, 11) is 0. The predicted octanol–water partition coefficient (Wildman–Crippen LogP) is 1.73. The van der Waals surface area contributed by atoms with Crippen LogP contribution < -0.4 is 11.1 Å². The Bertz CT molecular complexity index is 609. The summed E-state index contributed by atoms with van der Waals surface area (Å²) in [4.78, 5) is 25.6. The van der Waals surface area contributed by atoms with Crippen molar-refractivity contribution in [2.45, 2.75) is 38.6 Å². The topological polar surface area (TPSA) is 105 Å². The minimum atomic E-state index is -1.56. The average molecular weight is 335 g/mol. The fourth-order valence-corrected chi connectivity index (χ4v) is 2.83. The highest BCUT2D eigenvalue weighted by molar-refractivity contribution is 5.90.